The highest BCUT2D eigenvalue weighted by atomic mass is 127. The van der Waals surface area contributed by atoms with Gasteiger partial charge in [0.2, 0.25) is 0 Å². The molecule has 29 heavy (non-hydrogen) atoms. The van der Waals surface area contributed by atoms with E-state index < -0.39 is 9.84 Å². The first-order valence-corrected chi connectivity index (χ1v) is 11.4. The lowest BCUT2D eigenvalue weighted by Gasteiger charge is -2.39. The summed E-state index contributed by atoms with van der Waals surface area (Å²) in [6.07, 6.45) is 6.72. The Labute approximate surface area is 190 Å². The predicted octanol–water partition coefficient (Wildman–Crippen LogP) is 2.82. The van der Waals surface area contributed by atoms with E-state index in [0.717, 1.165) is 32.0 Å². The molecule has 0 spiro atoms. The molecule has 0 aliphatic carbocycles. The number of imidazole rings is 1. The van der Waals surface area contributed by atoms with Crippen LogP contribution in [-0.4, -0.2) is 60.8 Å². The summed E-state index contributed by atoms with van der Waals surface area (Å²) in [6, 6.07) is 8.89. The number of rotatable bonds is 6. The van der Waals surface area contributed by atoms with Crippen molar-refractivity contribution in [2.45, 2.75) is 31.2 Å². The third-order valence-electron chi connectivity index (χ3n) is 5.18. The minimum Gasteiger partial charge on any atom is -0.357 e. The number of piperidine rings is 1. The highest BCUT2D eigenvalue weighted by molar-refractivity contribution is 14.0. The van der Waals surface area contributed by atoms with Crippen molar-refractivity contribution in [3.05, 3.63) is 49.1 Å². The topological polar surface area (TPSA) is 79.6 Å². The zero-order chi connectivity index (χ0) is 20.0. The summed E-state index contributed by atoms with van der Waals surface area (Å²) >= 11 is 0. The molecule has 3 rings (SSSR count). The number of hydrogen-bond donors (Lipinski definition) is 1. The molecule has 1 aliphatic heterocycles. The van der Waals surface area contributed by atoms with Gasteiger partial charge in [0.25, 0.3) is 0 Å². The summed E-state index contributed by atoms with van der Waals surface area (Å²) in [6.45, 7) is 7.00. The highest BCUT2D eigenvalue weighted by Crippen LogP contribution is 2.27. The average Bonchev–Trinajstić information content (AvgIpc) is 3.23. The summed E-state index contributed by atoms with van der Waals surface area (Å²) in [7, 11) is -3.32. The summed E-state index contributed by atoms with van der Waals surface area (Å²) in [5, 5.41) is 3.32. The number of hydrogen-bond acceptors (Lipinski definition) is 4. The molecule has 2 unspecified atom stereocenters. The van der Waals surface area contributed by atoms with Crippen LogP contribution in [0.2, 0.25) is 0 Å². The van der Waals surface area contributed by atoms with Gasteiger partial charge in [-0.3, -0.25) is 4.99 Å². The molecule has 2 aromatic rings. The van der Waals surface area contributed by atoms with Crippen molar-refractivity contribution in [2.24, 2.45) is 10.9 Å². The Morgan fingerprint density at radius 2 is 2.07 bits per heavy atom. The smallest absolute Gasteiger partial charge is 0.194 e. The summed E-state index contributed by atoms with van der Waals surface area (Å²) in [5.41, 5.74) is 0. The second kappa shape index (κ2) is 11.0. The fourth-order valence-electron chi connectivity index (χ4n) is 3.54. The largest absolute Gasteiger partial charge is 0.357 e. The van der Waals surface area contributed by atoms with E-state index in [1.807, 2.05) is 25.5 Å². The Hall–Kier alpha value is -1.62. The molecule has 7 nitrogen and oxygen atoms in total. The molecule has 0 amide bonds. The van der Waals surface area contributed by atoms with Crippen LogP contribution in [0.4, 0.5) is 0 Å². The molecule has 2 atom stereocenters. The van der Waals surface area contributed by atoms with Crippen LogP contribution in [0.15, 0.2) is 58.9 Å². The lowest BCUT2D eigenvalue weighted by molar-refractivity contribution is 0.189. The molecule has 0 bridgehead atoms. The molecule has 1 fully saturated rings. The van der Waals surface area contributed by atoms with Gasteiger partial charge in [0.15, 0.2) is 15.8 Å². The van der Waals surface area contributed by atoms with Crippen LogP contribution >= 0.6 is 24.0 Å². The van der Waals surface area contributed by atoms with Crippen molar-refractivity contribution in [2.75, 3.05) is 31.9 Å². The lowest BCUT2D eigenvalue weighted by atomic mass is 9.93. The molecule has 1 saturated heterocycles. The first-order valence-electron chi connectivity index (χ1n) is 9.79. The number of nitrogens with zero attached hydrogens (tertiary/aromatic N) is 4. The van der Waals surface area contributed by atoms with Gasteiger partial charge in [-0.25, -0.2) is 13.4 Å². The van der Waals surface area contributed by atoms with Crippen molar-refractivity contribution < 1.29 is 8.42 Å². The van der Waals surface area contributed by atoms with E-state index in [4.69, 9.17) is 0 Å². The van der Waals surface area contributed by atoms with Gasteiger partial charge in [-0.1, -0.05) is 25.1 Å². The van der Waals surface area contributed by atoms with E-state index in [1.165, 1.54) is 0 Å². The summed E-state index contributed by atoms with van der Waals surface area (Å²) < 4.78 is 27.1. The third kappa shape index (κ3) is 6.18. The van der Waals surface area contributed by atoms with Crippen LogP contribution in [0.25, 0.3) is 0 Å². The zero-order valence-electron chi connectivity index (χ0n) is 16.9. The van der Waals surface area contributed by atoms with Crippen molar-refractivity contribution in [3.63, 3.8) is 0 Å². The van der Waals surface area contributed by atoms with Gasteiger partial charge in [-0.05, 0) is 31.4 Å². The molecule has 1 aliphatic rings. The second-order valence-corrected chi connectivity index (χ2v) is 9.27. The van der Waals surface area contributed by atoms with E-state index in [2.05, 4.69) is 31.7 Å². The van der Waals surface area contributed by atoms with Crippen molar-refractivity contribution in [1.82, 2.24) is 19.8 Å². The van der Waals surface area contributed by atoms with Gasteiger partial charge in [-0.15, -0.1) is 24.0 Å². The molecule has 1 aromatic carbocycles. The maximum Gasteiger partial charge on any atom is 0.194 e. The highest BCUT2D eigenvalue weighted by Gasteiger charge is 2.29. The minimum absolute atomic E-state index is 0. The molecule has 2 heterocycles. The Morgan fingerprint density at radius 1 is 1.31 bits per heavy atom. The number of sulfone groups is 1. The molecular weight excluding hydrogens is 501 g/mol. The number of aromatic nitrogens is 2. The van der Waals surface area contributed by atoms with E-state index in [9.17, 15) is 8.42 Å². The standard InChI is InChI=1S/C20H29N5O2S.HI/c1-3-22-20(23-11-14-28(26,27)18-7-5-4-6-8-18)24-12-9-17(2)19(15-24)25-13-10-21-16-25;/h4-8,10,13,16-17,19H,3,9,11-12,14-15H2,1-2H3,(H,22,23);1H. The monoisotopic (exact) mass is 531 g/mol. The second-order valence-electron chi connectivity index (χ2n) is 7.16. The number of likely N-dealkylation sites (tertiary alicyclic amines) is 1. The molecule has 160 valence electrons. The maximum atomic E-state index is 12.5. The van der Waals surface area contributed by atoms with Gasteiger partial charge in [0.1, 0.15) is 0 Å². The minimum atomic E-state index is -3.32. The molecule has 1 aromatic heterocycles. The summed E-state index contributed by atoms with van der Waals surface area (Å²) in [5.74, 6) is 1.33. The number of aliphatic imine (C=N–C) groups is 1. The Morgan fingerprint density at radius 3 is 2.72 bits per heavy atom. The third-order valence-corrected chi connectivity index (χ3v) is 6.90. The van der Waals surface area contributed by atoms with Crippen LogP contribution < -0.4 is 5.32 Å². The van der Waals surface area contributed by atoms with Crippen molar-refractivity contribution in [3.8, 4) is 0 Å². The Balaban J connectivity index is 0.00000300. The van der Waals surface area contributed by atoms with E-state index >= 15 is 0 Å². The van der Waals surface area contributed by atoms with Gasteiger partial charge in [0, 0.05) is 32.0 Å². The van der Waals surface area contributed by atoms with Crippen molar-refractivity contribution >= 4 is 39.8 Å². The van der Waals surface area contributed by atoms with Crippen LogP contribution in [0.1, 0.15) is 26.3 Å². The van der Waals surface area contributed by atoms with Gasteiger partial charge in [-0.2, -0.15) is 0 Å². The Bertz CT molecular complexity index is 872. The zero-order valence-corrected chi connectivity index (χ0v) is 20.1. The van der Waals surface area contributed by atoms with Gasteiger partial charge in [0.05, 0.1) is 29.6 Å². The number of nitrogens with one attached hydrogen (secondary N) is 1. The fourth-order valence-corrected chi connectivity index (χ4v) is 4.68. The van der Waals surface area contributed by atoms with Crippen LogP contribution in [-0.2, 0) is 9.84 Å². The van der Waals surface area contributed by atoms with Crippen molar-refractivity contribution in [1.29, 1.82) is 0 Å². The molecule has 0 radical (unpaired) electrons. The number of benzene rings is 1. The quantitative estimate of drug-likeness (QED) is 0.353. The molecule has 9 heteroatoms. The van der Waals surface area contributed by atoms with E-state index in [0.29, 0.717) is 16.9 Å². The lowest BCUT2D eigenvalue weighted by Crippen LogP contribution is -2.49. The van der Waals surface area contributed by atoms with Gasteiger partial charge >= 0.3 is 0 Å². The predicted molar refractivity (Wildman–Crippen MR) is 127 cm³/mol. The Kier molecular flexibility index (Phi) is 8.94. The first-order chi connectivity index (χ1) is 13.5. The molecule has 0 saturated carbocycles. The number of guanidine groups is 1. The molecule has 1 N–H and O–H groups in total. The number of halogens is 1. The van der Waals surface area contributed by atoms with Crippen LogP contribution in [0.5, 0.6) is 0 Å². The van der Waals surface area contributed by atoms with E-state index in [-0.39, 0.29) is 36.3 Å². The van der Waals surface area contributed by atoms with Crippen LogP contribution in [0.3, 0.4) is 0 Å². The fraction of sp³-hybridized carbons (Fsp3) is 0.500. The van der Waals surface area contributed by atoms with Gasteiger partial charge < -0.3 is 14.8 Å². The summed E-state index contributed by atoms with van der Waals surface area (Å²) in [4.78, 5) is 11.4. The maximum absolute atomic E-state index is 12.5. The normalized spacial score (nSPS) is 20.2. The average molecular weight is 531 g/mol. The first kappa shape index (κ1) is 23.7. The SMILES string of the molecule is CCNC(=NCCS(=O)(=O)c1ccccc1)N1CCC(C)C(n2ccnc2)C1.I. The molecular formula is C20H30IN5O2S. The van der Waals surface area contributed by atoms with Crippen LogP contribution in [0, 0.1) is 5.92 Å². The van der Waals surface area contributed by atoms with E-state index in [1.54, 1.807) is 30.5 Å².